The first-order valence-corrected chi connectivity index (χ1v) is 8.18. The van der Waals surface area contributed by atoms with Gasteiger partial charge < -0.3 is 19.0 Å². The summed E-state index contributed by atoms with van der Waals surface area (Å²) in [7, 11) is 0.793. The molecule has 5 heteroatoms. The van der Waals surface area contributed by atoms with Crippen molar-refractivity contribution in [1.29, 1.82) is 0 Å². The van der Waals surface area contributed by atoms with Gasteiger partial charge in [0.2, 0.25) is 0 Å². The molecule has 1 rings (SSSR count). The molecule has 0 saturated carbocycles. The molecule has 1 aromatic carbocycles. The van der Waals surface area contributed by atoms with Gasteiger partial charge in [0.15, 0.2) is 0 Å². The van der Waals surface area contributed by atoms with Crippen molar-refractivity contribution in [2.75, 3.05) is 27.4 Å². The van der Waals surface area contributed by atoms with Crippen LogP contribution < -0.4 is 5.73 Å². The average Bonchev–Trinajstić information content (AvgIpc) is 2.44. The second-order valence-corrected chi connectivity index (χ2v) is 7.04. The number of hydrogen-bond donors (Lipinski definition) is 1. The van der Waals surface area contributed by atoms with Gasteiger partial charge in [-0.3, -0.25) is 0 Å². The Morgan fingerprint density at radius 2 is 1.78 bits per heavy atom. The molecule has 2 N–H and O–H groups in total. The summed E-state index contributed by atoms with van der Waals surface area (Å²) in [5, 5.41) is 0. The van der Waals surface area contributed by atoms with Crippen LogP contribution in [0.4, 0.5) is 0 Å². The third-order valence-corrected chi connectivity index (χ3v) is 5.61. The summed E-state index contributed by atoms with van der Waals surface area (Å²) in [6.45, 7) is 1.22. The highest BCUT2D eigenvalue weighted by molar-refractivity contribution is 6.60. The molecule has 0 aliphatic rings. The lowest BCUT2D eigenvalue weighted by molar-refractivity contribution is 0.0978. The first-order chi connectivity index (χ1) is 8.76. The average molecular weight is 269 g/mol. The number of rotatable bonds is 9. The maximum Gasteiger partial charge on any atom is 0.500 e. The highest BCUT2D eigenvalue weighted by Gasteiger charge is 2.38. The molecule has 0 heterocycles. The normalized spacial score (nSPS) is 11.7. The fraction of sp³-hybridized carbons (Fsp3) is 0.538. The molecular weight excluding hydrogens is 246 g/mol. The first kappa shape index (κ1) is 15.3. The van der Waals surface area contributed by atoms with E-state index in [-0.39, 0.29) is 0 Å². The van der Waals surface area contributed by atoms with Crippen LogP contribution in [0.15, 0.2) is 30.3 Å². The predicted octanol–water partition coefficient (Wildman–Crippen LogP) is 1.83. The molecule has 102 valence electrons. The van der Waals surface area contributed by atoms with E-state index in [1.165, 1.54) is 5.56 Å². The van der Waals surface area contributed by atoms with Crippen LogP contribution in [0.2, 0.25) is 6.04 Å². The van der Waals surface area contributed by atoms with Crippen molar-refractivity contribution in [2.24, 2.45) is 5.73 Å². The van der Waals surface area contributed by atoms with Gasteiger partial charge in [-0.2, -0.15) is 0 Å². The van der Waals surface area contributed by atoms with Crippen LogP contribution in [0.3, 0.4) is 0 Å². The minimum Gasteiger partial charge on any atom is -0.377 e. The fourth-order valence-electron chi connectivity index (χ4n) is 1.73. The van der Waals surface area contributed by atoms with Crippen LogP contribution in [0.1, 0.15) is 12.0 Å². The topological polar surface area (TPSA) is 53.7 Å². The SMILES string of the molecule is CO[Si](CCc1ccccc1)(OC)OCCCN. The van der Waals surface area contributed by atoms with E-state index in [2.05, 4.69) is 12.1 Å². The number of benzene rings is 1. The van der Waals surface area contributed by atoms with Crippen molar-refractivity contribution in [3.8, 4) is 0 Å². The molecule has 0 fully saturated rings. The van der Waals surface area contributed by atoms with Crippen LogP contribution in [0.25, 0.3) is 0 Å². The van der Waals surface area contributed by atoms with E-state index in [1.54, 1.807) is 14.2 Å². The Morgan fingerprint density at radius 1 is 1.11 bits per heavy atom. The van der Waals surface area contributed by atoms with Crippen molar-refractivity contribution in [2.45, 2.75) is 18.9 Å². The predicted molar refractivity (Wildman–Crippen MR) is 74.3 cm³/mol. The van der Waals surface area contributed by atoms with Crippen molar-refractivity contribution < 1.29 is 13.3 Å². The zero-order chi connectivity index (χ0) is 13.3. The zero-order valence-corrected chi connectivity index (χ0v) is 12.2. The molecule has 0 aliphatic heterocycles. The summed E-state index contributed by atoms with van der Waals surface area (Å²) >= 11 is 0. The third-order valence-electron chi connectivity index (χ3n) is 2.86. The first-order valence-electron chi connectivity index (χ1n) is 6.24. The summed E-state index contributed by atoms with van der Waals surface area (Å²) in [6.07, 6.45) is 1.73. The maximum absolute atomic E-state index is 5.80. The summed E-state index contributed by atoms with van der Waals surface area (Å²) in [5.41, 5.74) is 6.73. The molecule has 0 unspecified atom stereocenters. The van der Waals surface area contributed by atoms with Gasteiger partial charge in [0.1, 0.15) is 0 Å². The Bertz CT molecular complexity index is 317. The lowest BCUT2D eigenvalue weighted by Gasteiger charge is -2.26. The molecule has 0 atom stereocenters. The molecular formula is C13H23NO3Si. The quantitative estimate of drug-likeness (QED) is 0.549. The molecule has 1 aromatic rings. The summed E-state index contributed by atoms with van der Waals surface area (Å²) < 4.78 is 16.8. The van der Waals surface area contributed by atoms with Crippen LogP contribution in [-0.2, 0) is 19.7 Å². The lowest BCUT2D eigenvalue weighted by Crippen LogP contribution is -2.44. The molecule has 0 spiro atoms. The molecule has 18 heavy (non-hydrogen) atoms. The van der Waals surface area contributed by atoms with Gasteiger partial charge in [0, 0.05) is 26.9 Å². The van der Waals surface area contributed by atoms with Gasteiger partial charge in [-0.05, 0) is 24.9 Å². The van der Waals surface area contributed by atoms with E-state index in [1.807, 2.05) is 18.2 Å². The standard InChI is InChI=1S/C13H23NO3Si/c1-15-18(16-2,17-11-6-10-14)12-9-13-7-4-3-5-8-13/h3-5,7-8H,6,9-12,14H2,1-2H3. The maximum atomic E-state index is 5.80. The Morgan fingerprint density at radius 3 is 2.33 bits per heavy atom. The van der Waals surface area contributed by atoms with Crippen molar-refractivity contribution in [3.05, 3.63) is 35.9 Å². The molecule has 4 nitrogen and oxygen atoms in total. The Labute approximate surface area is 110 Å². The van der Waals surface area contributed by atoms with E-state index < -0.39 is 8.80 Å². The van der Waals surface area contributed by atoms with E-state index in [9.17, 15) is 0 Å². The second-order valence-electron chi connectivity index (χ2n) is 4.07. The summed E-state index contributed by atoms with van der Waals surface area (Å²) in [4.78, 5) is 0. The molecule has 0 saturated heterocycles. The molecule has 0 radical (unpaired) electrons. The van der Waals surface area contributed by atoms with Crippen LogP contribution in [0.5, 0.6) is 0 Å². The van der Waals surface area contributed by atoms with Gasteiger partial charge >= 0.3 is 8.80 Å². The lowest BCUT2D eigenvalue weighted by atomic mass is 10.2. The van der Waals surface area contributed by atoms with Gasteiger partial charge in [0.05, 0.1) is 0 Å². The van der Waals surface area contributed by atoms with Gasteiger partial charge in [-0.25, -0.2) is 0 Å². The number of nitrogens with two attached hydrogens (primary N) is 1. The molecule has 0 aliphatic carbocycles. The Kier molecular flexibility index (Phi) is 7.15. The Balaban J connectivity index is 2.50. The highest BCUT2D eigenvalue weighted by atomic mass is 28.4. The van der Waals surface area contributed by atoms with Crippen molar-refractivity contribution in [1.82, 2.24) is 0 Å². The number of hydrogen-bond acceptors (Lipinski definition) is 4. The minimum absolute atomic E-state index is 0.596. The van der Waals surface area contributed by atoms with Crippen molar-refractivity contribution in [3.63, 3.8) is 0 Å². The molecule has 0 amide bonds. The number of aryl methyl sites for hydroxylation is 1. The third kappa shape index (κ3) is 4.87. The fourth-order valence-corrected chi connectivity index (χ4v) is 3.74. The van der Waals surface area contributed by atoms with E-state index >= 15 is 0 Å². The minimum atomic E-state index is -2.52. The van der Waals surface area contributed by atoms with Crippen LogP contribution >= 0.6 is 0 Å². The van der Waals surface area contributed by atoms with E-state index in [4.69, 9.17) is 19.0 Å². The second kappa shape index (κ2) is 8.39. The van der Waals surface area contributed by atoms with Gasteiger partial charge in [-0.15, -0.1) is 0 Å². The largest absolute Gasteiger partial charge is 0.500 e. The smallest absolute Gasteiger partial charge is 0.377 e. The van der Waals surface area contributed by atoms with E-state index in [0.717, 1.165) is 18.9 Å². The summed E-state index contributed by atoms with van der Waals surface area (Å²) in [5.74, 6) is 0. The highest BCUT2D eigenvalue weighted by Crippen LogP contribution is 2.17. The zero-order valence-electron chi connectivity index (χ0n) is 11.2. The van der Waals surface area contributed by atoms with E-state index in [0.29, 0.717) is 13.2 Å². The monoisotopic (exact) mass is 269 g/mol. The van der Waals surface area contributed by atoms with Gasteiger partial charge in [-0.1, -0.05) is 30.3 Å². The van der Waals surface area contributed by atoms with Gasteiger partial charge in [0.25, 0.3) is 0 Å². The summed E-state index contributed by atoms with van der Waals surface area (Å²) in [6, 6.07) is 11.1. The van der Waals surface area contributed by atoms with Crippen LogP contribution in [-0.4, -0.2) is 36.2 Å². The Hall–Kier alpha value is -0.723. The van der Waals surface area contributed by atoms with Crippen molar-refractivity contribution >= 4 is 8.80 Å². The molecule has 0 bridgehead atoms. The van der Waals surface area contributed by atoms with Crippen LogP contribution in [0, 0.1) is 0 Å². The molecule has 0 aromatic heterocycles.